The van der Waals surface area contributed by atoms with Gasteiger partial charge < -0.3 is 9.52 Å². The molecule has 1 aromatic heterocycles. The lowest BCUT2D eigenvalue weighted by molar-refractivity contribution is 0.0661. The van der Waals surface area contributed by atoms with Gasteiger partial charge in [-0.3, -0.25) is 0 Å². The quantitative estimate of drug-likeness (QED) is 0.535. The molecule has 0 saturated carbocycles. The molecule has 12 heteroatoms. The van der Waals surface area contributed by atoms with E-state index in [4.69, 9.17) is 9.52 Å². The average molecular weight is 391 g/mol. The number of hydrogen-bond donors (Lipinski definition) is 3. The van der Waals surface area contributed by atoms with Crippen LogP contribution in [0.3, 0.4) is 0 Å². The minimum absolute atomic E-state index is 0.140. The molecule has 0 aliphatic rings. The maximum atomic E-state index is 11.8. The van der Waals surface area contributed by atoms with E-state index >= 15 is 0 Å². The maximum absolute atomic E-state index is 11.8. The van der Waals surface area contributed by atoms with E-state index in [1.165, 1.54) is 0 Å². The monoisotopic (exact) mass is 390 g/mol. The second-order valence-corrected chi connectivity index (χ2v) is 7.91. The number of nitrogens with one attached hydrogen (secondary N) is 2. The molecule has 1 aromatic rings. The predicted molar refractivity (Wildman–Crippen MR) is 71.4 cm³/mol. The van der Waals surface area contributed by atoms with Crippen LogP contribution in [0.25, 0.3) is 0 Å². The van der Waals surface area contributed by atoms with Crippen LogP contribution in [0.1, 0.15) is 10.6 Å². The minimum atomic E-state index is -4.01. The average Bonchev–Trinajstić information content (AvgIpc) is 2.66. The Kier molecular flexibility index (Phi) is 5.32. The van der Waals surface area contributed by atoms with Crippen LogP contribution < -0.4 is 9.44 Å². The highest BCUT2D eigenvalue weighted by Crippen LogP contribution is 2.25. The Hall–Kier alpha value is -0.950. The number of aromatic carboxylic acids is 1. The van der Waals surface area contributed by atoms with Gasteiger partial charge in [0.2, 0.25) is 25.8 Å². The first-order valence-corrected chi connectivity index (χ1v) is 9.16. The maximum Gasteiger partial charge on any atom is 0.371 e. The Balaban J connectivity index is 2.77. The zero-order chi connectivity index (χ0) is 15.6. The lowest BCUT2D eigenvalue weighted by Crippen LogP contribution is -2.34. The third-order valence-corrected chi connectivity index (χ3v) is 4.98. The molecule has 0 amide bonds. The van der Waals surface area contributed by atoms with Gasteiger partial charge in [-0.25, -0.2) is 31.1 Å². The van der Waals surface area contributed by atoms with Crippen LogP contribution in [0.5, 0.6) is 0 Å². The number of carbonyl (C=O) groups is 1. The summed E-state index contributed by atoms with van der Waals surface area (Å²) in [7, 11) is -7.42. The van der Waals surface area contributed by atoms with Gasteiger partial charge in [0.05, 0.1) is 6.26 Å². The molecule has 0 unspecified atom stereocenters. The van der Waals surface area contributed by atoms with E-state index in [-0.39, 0.29) is 22.7 Å². The minimum Gasteiger partial charge on any atom is -0.475 e. The van der Waals surface area contributed by atoms with Crippen molar-refractivity contribution in [3.8, 4) is 0 Å². The molecule has 0 spiro atoms. The second kappa shape index (κ2) is 6.22. The molecule has 0 atom stereocenters. The first kappa shape index (κ1) is 17.1. The molecule has 3 N–H and O–H groups in total. The molecule has 9 nitrogen and oxygen atoms in total. The first-order chi connectivity index (χ1) is 9.03. The van der Waals surface area contributed by atoms with Crippen molar-refractivity contribution in [1.82, 2.24) is 9.44 Å². The summed E-state index contributed by atoms with van der Waals surface area (Å²) in [6.45, 7) is -0.339. The van der Waals surface area contributed by atoms with E-state index in [2.05, 4.69) is 25.4 Å². The lowest BCUT2D eigenvalue weighted by Gasteiger charge is -2.05. The number of sulfonamides is 2. The molecule has 0 radical (unpaired) electrons. The second-order valence-electron chi connectivity index (χ2n) is 3.62. The third-order valence-electron chi connectivity index (χ3n) is 1.94. The normalized spacial score (nSPS) is 12.5. The number of furan rings is 1. The number of carboxylic acid groups (broad SMARTS) is 1. The Morgan fingerprint density at radius 1 is 1.30 bits per heavy atom. The van der Waals surface area contributed by atoms with Crippen molar-refractivity contribution in [2.75, 3.05) is 19.3 Å². The fraction of sp³-hybridized carbons (Fsp3) is 0.375. The van der Waals surface area contributed by atoms with Gasteiger partial charge >= 0.3 is 5.97 Å². The summed E-state index contributed by atoms with van der Waals surface area (Å²) in [6, 6.07) is 0.846. The summed E-state index contributed by atoms with van der Waals surface area (Å²) < 4.78 is 53.9. The van der Waals surface area contributed by atoms with Crippen molar-refractivity contribution in [1.29, 1.82) is 0 Å². The van der Waals surface area contributed by atoms with E-state index < -0.39 is 31.8 Å². The van der Waals surface area contributed by atoms with Crippen molar-refractivity contribution < 1.29 is 31.2 Å². The lowest BCUT2D eigenvalue weighted by atomic mass is 10.5. The van der Waals surface area contributed by atoms with Gasteiger partial charge in [0.15, 0.2) is 4.67 Å². The molecular weight excluding hydrogens is 380 g/mol. The molecule has 0 fully saturated rings. The largest absolute Gasteiger partial charge is 0.475 e. The Labute approximate surface area is 123 Å². The van der Waals surface area contributed by atoms with Gasteiger partial charge in [-0.2, -0.15) is 0 Å². The molecule has 0 aromatic carbocycles. The summed E-state index contributed by atoms with van der Waals surface area (Å²) in [5, 5.41) is 8.69. The van der Waals surface area contributed by atoms with Crippen LogP contribution in [0.2, 0.25) is 0 Å². The highest BCUT2D eigenvalue weighted by molar-refractivity contribution is 9.10. The molecule has 20 heavy (non-hydrogen) atoms. The SMILES string of the molecule is CS(=O)(=O)NCCNS(=O)(=O)c1cc(C(=O)O)oc1Br. The zero-order valence-electron chi connectivity index (χ0n) is 10.1. The van der Waals surface area contributed by atoms with Crippen LogP contribution in [0.4, 0.5) is 0 Å². The molecule has 0 aliphatic heterocycles. The van der Waals surface area contributed by atoms with Crippen molar-refractivity contribution in [2.45, 2.75) is 4.90 Å². The Bertz CT molecular complexity index is 707. The number of carboxylic acids is 1. The fourth-order valence-corrected chi connectivity index (χ4v) is 3.58. The molecule has 0 saturated heterocycles. The van der Waals surface area contributed by atoms with Crippen LogP contribution in [0.15, 0.2) is 20.0 Å². The van der Waals surface area contributed by atoms with Crippen molar-refractivity contribution >= 4 is 41.9 Å². The molecule has 1 heterocycles. The standard InChI is InChI=1S/C8H11BrN2O7S2/c1-19(14,15)10-2-3-11-20(16,17)6-4-5(8(12)13)18-7(6)9/h4,10-11H,2-3H2,1H3,(H,12,13). The Morgan fingerprint density at radius 3 is 2.30 bits per heavy atom. The molecule has 0 bridgehead atoms. The topological polar surface area (TPSA) is 143 Å². The fourth-order valence-electron chi connectivity index (χ4n) is 1.14. The van der Waals surface area contributed by atoms with E-state index in [1.54, 1.807) is 0 Å². The number of hydrogen-bond acceptors (Lipinski definition) is 6. The molecule has 1 rings (SSSR count). The smallest absolute Gasteiger partial charge is 0.371 e. The summed E-state index contributed by atoms with van der Waals surface area (Å²) in [5.74, 6) is -1.95. The van der Waals surface area contributed by atoms with E-state index in [1.807, 2.05) is 0 Å². The first-order valence-electron chi connectivity index (χ1n) is 5.00. The van der Waals surface area contributed by atoms with E-state index in [0.29, 0.717) is 0 Å². The summed E-state index contributed by atoms with van der Waals surface area (Å²) in [4.78, 5) is 10.3. The van der Waals surface area contributed by atoms with Gasteiger partial charge in [-0.15, -0.1) is 0 Å². The molecular formula is C8H11BrN2O7S2. The van der Waals surface area contributed by atoms with Crippen LogP contribution >= 0.6 is 15.9 Å². The van der Waals surface area contributed by atoms with Gasteiger partial charge in [-0.1, -0.05) is 0 Å². The van der Waals surface area contributed by atoms with Crippen molar-refractivity contribution in [3.05, 3.63) is 16.5 Å². The van der Waals surface area contributed by atoms with Crippen molar-refractivity contribution in [2.24, 2.45) is 0 Å². The summed E-state index contributed by atoms with van der Waals surface area (Å²) in [6.07, 6.45) is 0.938. The molecule has 0 aliphatic carbocycles. The predicted octanol–water partition coefficient (Wildman–Crippen LogP) is -0.432. The summed E-state index contributed by atoms with van der Waals surface area (Å²) >= 11 is 2.80. The zero-order valence-corrected chi connectivity index (χ0v) is 13.3. The van der Waals surface area contributed by atoms with Crippen LogP contribution in [-0.2, 0) is 20.0 Å². The van der Waals surface area contributed by atoms with Gasteiger partial charge in [-0.05, 0) is 15.9 Å². The highest BCUT2D eigenvalue weighted by Gasteiger charge is 2.24. The Morgan fingerprint density at radius 2 is 1.85 bits per heavy atom. The van der Waals surface area contributed by atoms with Crippen LogP contribution in [-0.4, -0.2) is 47.3 Å². The van der Waals surface area contributed by atoms with E-state index in [9.17, 15) is 21.6 Å². The number of rotatable bonds is 7. The third kappa shape index (κ3) is 4.86. The molecule has 114 valence electrons. The number of halogens is 1. The van der Waals surface area contributed by atoms with Crippen LogP contribution in [0, 0.1) is 0 Å². The van der Waals surface area contributed by atoms with Gasteiger partial charge in [0.25, 0.3) is 0 Å². The van der Waals surface area contributed by atoms with E-state index in [0.717, 1.165) is 12.3 Å². The highest BCUT2D eigenvalue weighted by atomic mass is 79.9. The van der Waals surface area contributed by atoms with Gasteiger partial charge in [0.1, 0.15) is 4.90 Å². The van der Waals surface area contributed by atoms with Crippen molar-refractivity contribution in [3.63, 3.8) is 0 Å². The van der Waals surface area contributed by atoms with Gasteiger partial charge in [0, 0.05) is 19.2 Å². The summed E-state index contributed by atoms with van der Waals surface area (Å²) in [5.41, 5.74) is 0.